The molecule has 0 aromatic heterocycles. The molecule has 1 nitrogen and oxygen atoms in total. The van der Waals surface area contributed by atoms with Gasteiger partial charge >= 0.3 is 0 Å². The van der Waals surface area contributed by atoms with Crippen LogP contribution in [-0.4, -0.2) is 11.2 Å². The van der Waals surface area contributed by atoms with Gasteiger partial charge in [0.2, 0.25) is 0 Å². The van der Waals surface area contributed by atoms with Crippen LogP contribution in [0.2, 0.25) is 0 Å². The molecule has 1 saturated carbocycles. The molecule has 0 aliphatic heterocycles. The molecular formula is C29H68O. The Hall–Kier alpha value is -0.0400. The molecular weight excluding hydrogens is 364 g/mol. The van der Waals surface area contributed by atoms with Crippen LogP contribution in [0.25, 0.3) is 0 Å². The highest BCUT2D eigenvalue weighted by Crippen LogP contribution is 2.22. The van der Waals surface area contributed by atoms with E-state index in [0.29, 0.717) is 0 Å². The fraction of sp³-hybridized carbons (Fsp3) is 1.00. The molecule has 1 rings (SSSR count). The SMILES string of the molecule is CC.CC(C)C.CC1CCCCC1.CCC(C)C.CCC(C)CC.CCC(O)CC. The van der Waals surface area contributed by atoms with E-state index < -0.39 is 0 Å². The zero-order valence-corrected chi connectivity index (χ0v) is 24.4. The first-order valence-electron chi connectivity index (χ1n) is 13.7. The van der Waals surface area contributed by atoms with Crippen LogP contribution in [0.5, 0.6) is 0 Å². The molecule has 0 bridgehead atoms. The molecule has 1 aliphatic carbocycles. The average Bonchev–Trinajstić information content (AvgIpc) is 2.75. The Kier molecular flexibility index (Phi) is 48.9. The second-order valence-electron chi connectivity index (χ2n) is 9.67. The fourth-order valence-corrected chi connectivity index (χ4v) is 1.88. The highest BCUT2D eigenvalue weighted by molar-refractivity contribution is 4.59. The maximum atomic E-state index is 8.67. The van der Waals surface area contributed by atoms with Crippen molar-refractivity contribution in [2.45, 2.75) is 167 Å². The Labute approximate surface area is 196 Å². The van der Waals surface area contributed by atoms with Crippen molar-refractivity contribution < 1.29 is 5.11 Å². The van der Waals surface area contributed by atoms with Crippen molar-refractivity contribution in [1.29, 1.82) is 0 Å². The summed E-state index contributed by atoms with van der Waals surface area (Å²) in [4.78, 5) is 0. The van der Waals surface area contributed by atoms with E-state index in [0.717, 1.165) is 36.5 Å². The van der Waals surface area contributed by atoms with Crippen LogP contribution in [0.1, 0.15) is 161 Å². The van der Waals surface area contributed by atoms with Crippen LogP contribution in [0.15, 0.2) is 0 Å². The second-order valence-corrected chi connectivity index (χ2v) is 9.67. The molecule has 30 heavy (non-hydrogen) atoms. The van der Waals surface area contributed by atoms with E-state index in [4.69, 9.17) is 5.11 Å². The molecule has 190 valence electrons. The van der Waals surface area contributed by atoms with E-state index in [2.05, 4.69) is 69.2 Å². The van der Waals surface area contributed by atoms with Gasteiger partial charge < -0.3 is 5.11 Å². The topological polar surface area (TPSA) is 20.2 Å². The smallest absolute Gasteiger partial charge is 0.0535 e. The van der Waals surface area contributed by atoms with Crippen LogP contribution in [-0.2, 0) is 0 Å². The zero-order valence-electron chi connectivity index (χ0n) is 24.4. The largest absolute Gasteiger partial charge is 0.393 e. The van der Waals surface area contributed by atoms with Crippen molar-refractivity contribution in [2.24, 2.45) is 23.7 Å². The summed E-state index contributed by atoms with van der Waals surface area (Å²) in [5.74, 6) is 3.69. The molecule has 1 aliphatic rings. The molecule has 1 fully saturated rings. The number of rotatable bonds is 5. The molecule has 0 atom stereocenters. The van der Waals surface area contributed by atoms with Crippen LogP contribution in [0, 0.1) is 23.7 Å². The standard InChI is InChI=1S/C7H14.C6H14.C5H12O.C5H12.C4H10.C2H6/c1-7-5-3-2-4-6-7;1-4-6(3)5-2;1-3-5(6)4-2;1-4-5(2)3;1-4(2)3;1-2/h7H,2-6H2,1H3;6H,4-5H2,1-3H3;5-6H,3-4H2,1-2H3;5H,4H2,1-3H3;4H,1-3H3;1-2H3. The lowest BCUT2D eigenvalue weighted by atomic mass is 9.91. The van der Waals surface area contributed by atoms with Gasteiger partial charge in [-0.2, -0.15) is 0 Å². The minimum atomic E-state index is -0.0648. The molecule has 1 heteroatoms. The predicted molar refractivity (Wildman–Crippen MR) is 146 cm³/mol. The van der Waals surface area contributed by atoms with E-state index in [1.54, 1.807) is 0 Å². The summed E-state index contributed by atoms with van der Waals surface area (Å²) in [7, 11) is 0. The highest BCUT2D eigenvalue weighted by Gasteiger charge is 2.05. The molecule has 0 saturated heterocycles. The summed E-state index contributed by atoms with van der Waals surface area (Å²) in [5, 5.41) is 8.67. The van der Waals surface area contributed by atoms with Gasteiger partial charge in [0.25, 0.3) is 0 Å². The Morgan fingerprint density at radius 3 is 1.00 bits per heavy atom. The first kappa shape index (κ1) is 40.3. The Morgan fingerprint density at radius 2 is 0.933 bits per heavy atom. The zero-order chi connectivity index (χ0) is 25.0. The number of aliphatic hydroxyl groups excluding tert-OH is 1. The fourth-order valence-electron chi connectivity index (χ4n) is 1.88. The van der Waals surface area contributed by atoms with E-state index in [1.807, 2.05) is 27.7 Å². The van der Waals surface area contributed by atoms with Gasteiger partial charge in [0.1, 0.15) is 0 Å². The van der Waals surface area contributed by atoms with Crippen molar-refractivity contribution in [1.82, 2.24) is 0 Å². The molecule has 1 N–H and O–H groups in total. The third kappa shape index (κ3) is 63.0. The van der Waals surface area contributed by atoms with Gasteiger partial charge in [0.15, 0.2) is 0 Å². The summed E-state index contributed by atoms with van der Waals surface area (Å²) in [6.45, 7) is 30.2. The molecule has 0 aromatic carbocycles. The number of hydrogen-bond donors (Lipinski definition) is 1. The summed E-state index contributed by atoms with van der Waals surface area (Å²) >= 11 is 0. The monoisotopic (exact) mass is 433 g/mol. The van der Waals surface area contributed by atoms with E-state index in [9.17, 15) is 0 Å². The quantitative estimate of drug-likeness (QED) is 0.458. The van der Waals surface area contributed by atoms with E-state index in [-0.39, 0.29) is 6.10 Å². The lowest BCUT2D eigenvalue weighted by Crippen LogP contribution is -1.99. The Balaban J connectivity index is -0.0000000860. The van der Waals surface area contributed by atoms with Crippen molar-refractivity contribution in [3.8, 4) is 0 Å². The van der Waals surface area contributed by atoms with Crippen molar-refractivity contribution in [3.05, 3.63) is 0 Å². The van der Waals surface area contributed by atoms with E-state index >= 15 is 0 Å². The van der Waals surface area contributed by atoms with Gasteiger partial charge in [-0.25, -0.2) is 0 Å². The van der Waals surface area contributed by atoms with Crippen LogP contribution < -0.4 is 0 Å². The highest BCUT2D eigenvalue weighted by atomic mass is 16.3. The number of aliphatic hydroxyl groups is 1. The lowest BCUT2D eigenvalue weighted by Gasteiger charge is -2.15. The van der Waals surface area contributed by atoms with Crippen LogP contribution in [0.4, 0.5) is 0 Å². The predicted octanol–water partition coefficient (Wildman–Crippen LogP) is 10.9. The minimum Gasteiger partial charge on any atom is -0.393 e. The number of hydrogen-bond acceptors (Lipinski definition) is 1. The van der Waals surface area contributed by atoms with Gasteiger partial charge in [-0.05, 0) is 36.5 Å². The summed E-state index contributed by atoms with van der Waals surface area (Å²) < 4.78 is 0. The Morgan fingerprint density at radius 1 is 0.633 bits per heavy atom. The summed E-state index contributed by atoms with van der Waals surface area (Å²) in [5.41, 5.74) is 0. The van der Waals surface area contributed by atoms with Gasteiger partial charge in [0, 0.05) is 0 Å². The first-order chi connectivity index (χ1) is 14.0. The van der Waals surface area contributed by atoms with Gasteiger partial charge in [-0.3, -0.25) is 0 Å². The third-order valence-corrected chi connectivity index (χ3v) is 5.05. The molecule has 0 spiro atoms. The average molecular weight is 433 g/mol. The van der Waals surface area contributed by atoms with Crippen molar-refractivity contribution >= 4 is 0 Å². The normalized spacial score (nSPS) is 12.9. The van der Waals surface area contributed by atoms with Gasteiger partial charge in [-0.1, -0.05) is 148 Å². The molecule has 0 amide bonds. The lowest BCUT2D eigenvalue weighted by molar-refractivity contribution is 0.166. The maximum absolute atomic E-state index is 8.67. The Bertz CT molecular complexity index is 208. The van der Waals surface area contributed by atoms with Crippen molar-refractivity contribution in [3.63, 3.8) is 0 Å². The molecule has 0 aromatic rings. The van der Waals surface area contributed by atoms with Crippen LogP contribution in [0.3, 0.4) is 0 Å². The maximum Gasteiger partial charge on any atom is 0.0535 e. The minimum absolute atomic E-state index is 0.0648. The molecule has 0 heterocycles. The molecule has 0 unspecified atom stereocenters. The molecule has 0 radical (unpaired) electrons. The van der Waals surface area contributed by atoms with Gasteiger partial charge in [-0.15, -0.1) is 0 Å². The van der Waals surface area contributed by atoms with Gasteiger partial charge in [0.05, 0.1) is 6.10 Å². The van der Waals surface area contributed by atoms with Crippen molar-refractivity contribution in [2.75, 3.05) is 0 Å². The van der Waals surface area contributed by atoms with Crippen LogP contribution >= 0.6 is 0 Å². The summed E-state index contributed by atoms with van der Waals surface area (Å²) in [6.07, 6.45) is 13.1. The van der Waals surface area contributed by atoms with E-state index in [1.165, 1.54) is 51.4 Å². The second kappa shape index (κ2) is 36.3. The third-order valence-electron chi connectivity index (χ3n) is 5.05. The first-order valence-corrected chi connectivity index (χ1v) is 13.7. The summed E-state index contributed by atoms with van der Waals surface area (Å²) in [6, 6.07) is 0.